The highest BCUT2D eigenvalue weighted by molar-refractivity contribution is 5.90. The molecule has 2 aromatic rings. The van der Waals surface area contributed by atoms with Gasteiger partial charge in [0.05, 0.1) is 5.69 Å². The van der Waals surface area contributed by atoms with Crippen LogP contribution in [-0.4, -0.2) is 30.4 Å². The van der Waals surface area contributed by atoms with Crippen molar-refractivity contribution in [3.63, 3.8) is 0 Å². The van der Waals surface area contributed by atoms with Crippen LogP contribution in [0.4, 0.5) is 21.0 Å². The molecule has 1 N–H and O–H groups in total. The van der Waals surface area contributed by atoms with Crippen molar-refractivity contribution >= 4 is 23.6 Å². The number of benzene rings is 2. The van der Waals surface area contributed by atoms with Gasteiger partial charge in [0.15, 0.2) is 0 Å². The van der Waals surface area contributed by atoms with E-state index in [0.29, 0.717) is 30.9 Å². The lowest BCUT2D eigenvalue weighted by molar-refractivity contribution is 0.202. The summed E-state index contributed by atoms with van der Waals surface area (Å²) in [5.41, 5.74) is 1.14. The third kappa shape index (κ3) is 4.86. The van der Waals surface area contributed by atoms with E-state index in [1.165, 1.54) is 9.80 Å². The number of carboxylic acid groups (broad SMARTS) is 1. The summed E-state index contributed by atoms with van der Waals surface area (Å²) in [5.74, 6) is 0.278. The van der Waals surface area contributed by atoms with Gasteiger partial charge in [0, 0.05) is 24.8 Å². The van der Waals surface area contributed by atoms with E-state index in [-0.39, 0.29) is 5.75 Å². The lowest BCUT2D eigenvalue weighted by atomic mass is 10.2. The fourth-order valence-electron chi connectivity index (χ4n) is 2.45. The minimum absolute atomic E-state index is 0.278. The van der Waals surface area contributed by atoms with E-state index in [9.17, 15) is 14.7 Å². The van der Waals surface area contributed by atoms with Gasteiger partial charge in [-0.1, -0.05) is 37.3 Å². The SMILES string of the molecule is C=CCN(C(=O)Oc1cccc(N(CCC)C(=O)O)c1)c1ccccc1. The highest BCUT2D eigenvalue weighted by atomic mass is 16.6. The Morgan fingerprint density at radius 2 is 1.77 bits per heavy atom. The average molecular weight is 354 g/mol. The second-order valence-electron chi connectivity index (χ2n) is 5.53. The summed E-state index contributed by atoms with van der Waals surface area (Å²) >= 11 is 0. The summed E-state index contributed by atoms with van der Waals surface area (Å²) in [7, 11) is 0. The Morgan fingerprint density at radius 1 is 1.08 bits per heavy atom. The summed E-state index contributed by atoms with van der Waals surface area (Å²) in [6.07, 6.45) is 0.675. The summed E-state index contributed by atoms with van der Waals surface area (Å²) < 4.78 is 5.45. The lowest BCUT2D eigenvalue weighted by Gasteiger charge is -2.22. The Morgan fingerprint density at radius 3 is 2.38 bits per heavy atom. The predicted molar refractivity (Wildman–Crippen MR) is 102 cm³/mol. The van der Waals surface area contributed by atoms with E-state index in [1.807, 2.05) is 25.1 Å². The number of carbonyl (C=O) groups excluding carboxylic acids is 1. The number of amides is 2. The van der Waals surface area contributed by atoms with Crippen LogP contribution in [0.2, 0.25) is 0 Å². The van der Waals surface area contributed by atoms with Crippen molar-refractivity contribution in [1.29, 1.82) is 0 Å². The van der Waals surface area contributed by atoms with Gasteiger partial charge in [0.1, 0.15) is 5.75 Å². The number of hydrogen-bond donors (Lipinski definition) is 1. The fraction of sp³-hybridized carbons (Fsp3) is 0.200. The summed E-state index contributed by atoms with van der Waals surface area (Å²) in [4.78, 5) is 26.6. The normalized spacial score (nSPS) is 10.0. The lowest BCUT2D eigenvalue weighted by Crippen LogP contribution is -2.34. The zero-order valence-corrected chi connectivity index (χ0v) is 14.7. The van der Waals surface area contributed by atoms with Crippen LogP contribution >= 0.6 is 0 Å². The average Bonchev–Trinajstić information content (AvgIpc) is 2.64. The molecule has 0 atom stereocenters. The largest absolute Gasteiger partial charge is 0.465 e. The molecule has 6 heteroatoms. The van der Waals surface area contributed by atoms with Crippen LogP contribution in [0.15, 0.2) is 67.3 Å². The van der Waals surface area contributed by atoms with Gasteiger partial charge >= 0.3 is 12.2 Å². The van der Waals surface area contributed by atoms with Crippen molar-refractivity contribution < 1.29 is 19.4 Å². The van der Waals surface area contributed by atoms with Crippen molar-refractivity contribution in [2.75, 3.05) is 22.9 Å². The topological polar surface area (TPSA) is 70.1 Å². The molecule has 0 saturated heterocycles. The molecule has 136 valence electrons. The highest BCUT2D eigenvalue weighted by Crippen LogP contribution is 2.23. The molecule has 0 heterocycles. The van der Waals surface area contributed by atoms with E-state index in [0.717, 1.165) is 0 Å². The van der Waals surface area contributed by atoms with Crippen LogP contribution in [0.3, 0.4) is 0 Å². The molecule has 0 saturated carbocycles. The first kappa shape index (κ1) is 19.1. The molecular formula is C20H22N2O4. The van der Waals surface area contributed by atoms with Crippen LogP contribution in [-0.2, 0) is 0 Å². The number of anilines is 2. The number of rotatable bonds is 7. The highest BCUT2D eigenvalue weighted by Gasteiger charge is 2.18. The van der Waals surface area contributed by atoms with Gasteiger partial charge in [-0.05, 0) is 30.7 Å². The van der Waals surface area contributed by atoms with Gasteiger partial charge in [-0.25, -0.2) is 9.59 Å². The van der Waals surface area contributed by atoms with Crippen molar-refractivity contribution in [2.24, 2.45) is 0 Å². The van der Waals surface area contributed by atoms with Crippen molar-refractivity contribution in [2.45, 2.75) is 13.3 Å². The van der Waals surface area contributed by atoms with Crippen LogP contribution in [0, 0.1) is 0 Å². The second-order valence-corrected chi connectivity index (χ2v) is 5.53. The molecule has 0 bridgehead atoms. The van der Waals surface area contributed by atoms with Gasteiger partial charge in [-0.2, -0.15) is 0 Å². The molecule has 2 aromatic carbocycles. The molecule has 2 rings (SSSR count). The first-order valence-electron chi connectivity index (χ1n) is 8.32. The molecule has 0 aliphatic rings. The van der Waals surface area contributed by atoms with E-state index in [1.54, 1.807) is 42.5 Å². The van der Waals surface area contributed by atoms with Gasteiger partial charge in [0.2, 0.25) is 0 Å². The molecule has 26 heavy (non-hydrogen) atoms. The molecule has 2 amide bonds. The van der Waals surface area contributed by atoms with Crippen LogP contribution < -0.4 is 14.5 Å². The maximum absolute atomic E-state index is 12.6. The number of para-hydroxylation sites is 1. The van der Waals surface area contributed by atoms with E-state index < -0.39 is 12.2 Å². The Hall–Kier alpha value is -3.28. The van der Waals surface area contributed by atoms with E-state index >= 15 is 0 Å². The maximum atomic E-state index is 12.6. The van der Waals surface area contributed by atoms with Crippen molar-refractivity contribution in [3.05, 3.63) is 67.3 Å². The Bertz CT molecular complexity index is 761. The first-order valence-corrected chi connectivity index (χ1v) is 8.32. The zero-order valence-electron chi connectivity index (χ0n) is 14.7. The smallest absolute Gasteiger partial charge is 0.420 e. The van der Waals surface area contributed by atoms with Gasteiger partial charge in [0.25, 0.3) is 0 Å². The molecule has 0 aromatic heterocycles. The van der Waals surface area contributed by atoms with E-state index in [4.69, 9.17) is 4.74 Å². The third-order valence-electron chi connectivity index (χ3n) is 3.61. The zero-order chi connectivity index (χ0) is 18.9. The minimum atomic E-state index is -1.05. The quantitative estimate of drug-likeness (QED) is 0.727. The molecule has 0 aliphatic carbocycles. The van der Waals surface area contributed by atoms with Crippen LogP contribution in [0.25, 0.3) is 0 Å². The Labute approximate surface area is 152 Å². The first-order chi connectivity index (χ1) is 12.6. The minimum Gasteiger partial charge on any atom is -0.465 e. The maximum Gasteiger partial charge on any atom is 0.420 e. The van der Waals surface area contributed by atoms with E-state index in [2.05, 4.69) is 6.58 Å². The molecular weight excluding hydrogens is 332 g/mol. The molecule has 0 spiro atoms. The third-order valence-corrected chi connectivity index (χ3v) is 3.61. The van der Waals surface area contributed by atoms with Gasteiger partial charge in [-0.15, -0.1) is 6.58 Å². The monoisotopic (exact) mass is 354 g/mol. The summed E-state index contributed by atoms with van der Waals surface area (Å²) in [6.45, 7) is 6.22. The predicted octanol–water partition coefficient (Wildman–Crippen LogP) is 4.77. The number of hydrogen-bond acceptors (Lipinski definition) is 3. The molecule has 0 fully saturated rings. The summed E-state index contributed by atoms with van der Waals surface area (Å²) in [5, 5.41) is 9.34. The van der Waals surface area contributed by atoms with Crippen LogP contribution in [0.5, 0.6) is 5.75 Å². The van der Waals surface area contributed by atoms with Gasteiger partial charge < -0.3 is 9.84 Å². The standard InChI is InChI=1S/C20H22N2O4/c1-3-13-21(19(23)24)17-11-8-12-18(15-17)26-20(25)22(14-4-2)16-9-6-5-7-10-16/h4-12,15H,2-3,13-14H2,1H3,(H,23,24). The van der Waals surface area contributed by atoms with Crippen molar-refractivity contribution in [1.82, 2.24) is 0 Å². The molecule has 0 aliphatic heterocycles. The Balaban J connectivity index is 2.21. The number of ether oxygens (including phenoxy) is 1. The fourth-order valence-corrected chi connectivity index (χ4v) is 2.45. The number of nitrogens with zero attached hydrogens (tertiary/aromatic N) is 2. The molecule has 0 unspecified atom stereocenters. The number of carbonyl (C=O) groups is 2. The van der Waals surface area contributed by atoms with Gasteiger partial charge in [-0.3, -0.25) is 9.80 Å². The second kappa shape index (κ2) is 9.27. The van der Waals surface area contributed by atoms with Crippen LogP contribution in [0.1, 0.15) is 13.3 Å². The Kier molecular flexibility index (Phi) is 6.79. The summed E-state index contributed by atoms with van der Waals surface area (Å²) in [6, 6.07) is 15.6. The van der Waals surface area contributed by atoms with Crippen molar-refractivity contribution in [3.8, 4) is 5.75 Å². The molecule has 6 nitrogen and oxygen atoms in total. The molecule has 0 radical (unpaired) electrons.